The molecule has 1 aromatic heterocycles. The van der Waals surface area contributed by atoms with Crippen molar-refractivity contribution >= 4 is 17.3 Å². The number of fused-ring (bicyclic) bond motifs is 1. The average molecular weight is 286 g/mol. The molecule has 2 aromatic rings. The second-order valence-electron chi connectivity index (χ2n) is 5.24. The maximum Gasteiger partial charge on any atom is 0.238 e. The molecule has 110 valence electrons. The van der Waals surface area contributed by atoms with Gasteiger partial charge in [-0.1, -0.05) is 12.1 Å². The lowest BCUT2D eigenvalue weighted by atomic mass is 10.1. The van der Waals surface area contributed by atoms with Crippen LogP contribution in [0.4, 0.5) is 11.4 Å². The summed E-state index contributed by atoms with van der Waals surface area (Å²) in [4.78, 5) is 14.2. The number of anilines is 2. The van der Waals surface area contributed by atoms with Gasteiger partial charge in [-0.05, 0) is 18.6 Å². The number of carbonyl (C=O) groups is 1. The summed E-state index contributed by atoms with van der Waals surface area (Å²) in [7, 11) is 0. The Morgan fingerprint density at radius 1 is 1.43 bits per heavy atom. The Balaban J connectivity index is 1.63. The van der Waals surface area contributed by atoms with Gasteiger partial charge < -0.3 is 15.6 Å². The Morgan fingerprint density at radius 2 is 2.29 bits per heavy atom. The molecule has 0 radical (unpaired) electrons. The first-order valence-electron chi connectivity index (χ1n) is 6.87. The molecule has 0 aliphatic carbocycles. The zero-order valence-corrected chi connectivity index (χ0v) is 11.9. The van der Waals surface area contributed by atoms with Crippen LogP contribution in [-0.4, -0.2) is 38.7 Å². The van der Waals surface area contributed by atoms with E-state index in [2.05, 4.69) is 15.5 Å². The number of amides is 1. The van der Waals surface area contributed by atoms with Gasteiger partial charge in [-0.15, -0.1) is 10.2 Å². The minimum atomic E-state index is -0.0658. The van der Waals surface area contributed by atoms with Gasteiger partial charge in [0.2, 0.25) is 5.91 Å². The molecule has 1 aliphatic heterocycles. The smallest absolute Gasteiger partial charge is 0.238 e. The van der Waals surface area contributed by atoms with Crippen LogP contribution in [0.15, 0.2) is 24.5 Å². The highest BCUT2D eigenvalue weighted by Crippen LogP contribution is 2.22. The van der Waals surface area contributed by atoms with E-state index in [1.807, 2.05) is 28.5 Å². The van der Waals surface area contributed by atoms with Gasteiger partial charge in [-0.25, -0.2) is 0 Å². The van der Waals surface area contributed by atoms with Crippen molar-refractivity contribution in [2.75, 3.05) is 24.1 Å². The number of nitrogen functional groups attached to an aromatic ring is 1. The number of nitrogens with one attached hydrogen (secondary N) is 1. The number of aryl methyl sites for hydroxylation is 1. The van der Waals surface area contributed by atoms with Gasteiger partial charge in [-0.2, -0.15) is 0 Å². The van der Waals surface area contributed by atoms with Gasteiger partial charge in [0.15, 0.2) is 0 Å². The normalized spacial score (nSPS) is 14.7. The van der Waals surface area contributed by atoms with Crippen LogP contribution in [0.2, 0.25) is 0 Å². The predicted molar refractivity (Wildman–Crippen MR) is 79.5 cm³/mol. The van der Waals surface area contributed by atoms with Crippen LogP contribution in [0, 0.1) is 6.92 Å². The number of nitrogens with zero attached hydrogens (tertiary/aromatic N) is 4. The Bertz CT molecular complexity index is 645. The number of rotatable bonds is 3. The Labute approximate surface area is 122 Å². The van der Waals surface area contributed by atoms with Gasteiger partial charge >= 0.3 is 0 Å². The summed E-state index contributed by atoms with van der Waals surface area (Å²) in [5, 5.41) is 10.8. The van der Waals surface area contributed by atoms with E-state index in [9.17, 15) is 4.79 Å². The third-order valence-corrected chi connectivity index (χ3v) is 3.65. The monoisotopic (exact) mass is 286 g/mol. The van der Waals surface area contributed by atoms with E-state index in [1.165, 1.54) is 0 Å². The molecule has 0 atom stereocenters. The second kappa shape index (κ2) is 5.53. The summed E-state index contributed by atoms with van der Waals surface area (Å²) in [5.74, 6) is 0.827. The van der Waals surface area contributed by atoms with Crippen molar-refractivity contribution < 1.29 is 4.79 Å². The number of carbonyl (C=O) groups excluding carboxylic acids is 1. The molecule has 0 unspecified atom stereocenters. The summed E-state index contributed by atoms with van der Waals surface area (Å²) in [6, 6.07) is 5.58. The number of para-hydroxylation sites is 1. The summed E-state index contributed by atoms with van der Waals surface area (Å²) in [6.07, 6.45) is 1.72. The SMILES string of the molecule is Cc1cccc(N)c1NC(=O)CN1CCn2cnnc2C1. The Hall–Kier alpha value is -2.41. The molecule has 7 heteroatoms. The van der Waals surface area contributed by atoms with Crippen molar-refractivity contribution in [3.8, 4) is 0 Å². The molecule has 0 bridgehead atoms. The van der Waals surface area contributed by atoms with Crippen LogP contribution >= 0.6 is 0 Å². The Kier molecular flexibility index (Phi) is 3.57. The molecule has 1 amide bonds. The summed E-state index contributed by atoms with van der Waals surface area (Å²) in [5.41, 5.74) is 8.14. The number of aromatic nitrogens is 3. The zero-order chi connectivity index (χ0) is 14.8. The molecule has 1 aromatic carbocycles. The topological polar surface area (TPSA) is 89.1 Å². The van der Waals surface area contributed by atoms with Crippen molar-refractivity contribution in [1.29, 1.82) is 0 Å². The highest BCUT2D eigenvalue weighted by atomic mass is 16.2. The molecule has 21 heavy (non-hydrogen) atoms. The molecule has 3 N–H and O–H groups in total. The largest absolute Gasteiger partial charge is 0.397 e. The van der Waals surface area contributed by atoms with Crippen LogP contribution in [0.5, 0.6) is 0 Å². The van der Waals surface area contributed by atoms with Crippen molar-refractivity contribution in [2.45, 2.75) is 20.0 Å². The highest BCUT2D eigenvalue weighted by Gasteiger charge is 2.20. The van der Waals surface area contributed by atoms with Crippen LogP contribution in [0.3, 0.4) is 0 Å². The Morgan fingerprint density at radius 3 is 3.10 bits per heavy atom. The van der Waals surface area contributed by atoms with E-state index in [-0.39, 0.29) is 5.91 Å². The van der Waals surface area contributed by atoms with Gasteiger partial charge in [-0.3, -0.25) is 9.69 Å². The van der Waals surface area contributed by atoms with Crippen molar-refractivity contribution in [3.63, 3.8) is 0 Å². The quantitative estimate of drug-likeness (QED) is 0.808. The summed E-state index contributed by atoms with van der Waals surface area (Å²) < 4.78 is 2.01. The van der Waals surface area contributed by atoms with E-state index in [0.29, 0.717) is 24.5 Å². The van der Waals surface area contributed by atoms with Crippen LogP contribution in [0.1, 0.15) is 11.4 Å². The molecule has 2 heterocycles. The van der Waals surface area contributed by atoms with E-state index in [4.69, 9.17) is 5.73 Å². The van der Waals surface area contributed by atoms with Crippen molar-refractivity contribution in [2.24, 2.45) is 0 Å². The van der Waals surface area contributed by atoms with Gasteiger partial charge in [0, 0.05) is 13.1 Å². The number of benzene rings is 1. The van der Waals surface area contributed by atoms with Gasteiger partial charge in [0.1, 0.15) is 12.2 Å². The van der Waals surface area contributed by atoms with E-state index >= 15 is 0 Å². The van der Waals surface area contributed by atoms with E-state index in [1.54, 1.807) is 12.4 Å². The minimum absolute atomic E-state index is 0.0658. The fourth-order valence-corrected chi connectivity index (χ4v) is 2.49. The molecular formula is C14H18N6O. The molecule has 0 fully saturated rings. The molecule has 0 saturated carbocycles. The molecule has 0 saturated heterocycles. The first-order valence-corrected chi connectivity index (χ1v) is 6.87. The van der Waals surface area contributed by atoms with Crippen LogP contribution < -0.4 is 11.1 Å². The fourth-order valence-electron chi connectivity index (χ4n) is 2.49. The van der Waals surface area contributed by atoms with Crippen molar-refractivity contribution in [3.05, 3.63) is 35.9 Å². The molecule has 0 spiro atoms. The highest BCUT2D eigenvalue weighted by molar-refractivity contribution is 5.96. The summed E-state index contributed by atoms with van der Waals surface area (Å²) in [6.45, 7) is 4.50. The van der Waals surface area contributed by atoms with E-state index in [0.717, 1.165) is 24.5 Å². The van der Waals surface area contributed by atoms with Crippen LogP contribution in [0.25, 0.3) is 0 Å². The molecule has 7 nitrogen and oxygen atoms in total. The van der Waals surface area contributed by atoms with Crippen LogP contribution in [-0.2, 0) is 17.9 Å². The lowest BCUT2D eigenvalue weighted by Gasteiger charge is -2.26. The van der Waals surface area contributed by atoms with Crippen molar-refractivity contribution in [1.82, 2.24) is 19.7 Å². The van der Waals surface area contributed by atoms with Gasteiger partial charge in [0.25, 0.3) is 0 Å². The third-order valence-electron chi connectivity index (χ3n) is 3.65. The average Bonchev–Trinajstić information content (AvgIpc) is 2.90. The van der Waals surface area contributed by atoms with E-state index < -0.39 is 0 Å². The maximum absolute atomic E-state index is 12.2. The first kappa shape index (κ1) is 13.6. The first-order chi connectivity index (χ1) is 10.1. The maximum atomic E-state index is 12.2. The summed E-state index contributed by atoms with van der Waals surface area (Å²) >= 11 is 0. The predicted octanol–water partition coefficient (Wildman–Crippen LogP) is 0.623. The third kappa shape index (κ3) is 2.87. The molecule has 3 rings (SSSR count). The lowest BCUT2D eigenvalue weighted by molar-refractivity contribution is -0.117. The van der Waals surface area contributed by atoms with Gasteiger partial charge in [0.05, 0.1) is 24.5 Å². The standard InChI is InChI=1S/C14H18N6O/c1-10-3-2-4-11(15)14(10)17-13(21)8-19-5-6-20-9-16-18-12(20)7-19/h2-4,9H,5-8,15H2,1H3,(H,17,21). The second-order valence-corrected chi connectivity index (χ2v) is 5.24. The fraction of sp³-hybridized carbons (Fsp3) is 0.357. The zero-order valence-electron chi connectivity index (χ0n) is 11.9. The number of hydrogen-bond donors (Lipinski definition) is 2. The lowest BCUT2D eigenvalue weighted by Crippen LogP contribution is -2.39. The minimum Gasteiger partial charge on any atom is -0.397 e. The molecular weight excluding hydrogens is 268 g/mol. The molecule has 1 aliphatic rings. The number of nitrogens with two attached hydrogens (primary N) is 1. The number of hydrogen-bond acceptors (Lipinski definition) is 5.